The molecule has 0 fully saturated rings. The molecule has 1 heterocycles. The molecule has 0 aliphatic carbocycles. The summed E-state index contributed by atoms with van der Waals surface area (Å²) in [5.74, 6) is -0.145. The average molecular weight is 396 g/mol. The monoisotopic (exact) mass is 396 g/mol. The van der Waals surface area contributed by atoms with Crippen molar-refractivity contribution >= 4 is 17.5 Å². The first-order chi connectivity index (χ1) is 13.3. The minimum Gasteiger partial charge on any atom is -0.293 e. The van der Waals surface area contributed by atoms with Gasteiger partial charge < -0.3 is 0 Å². The van der Waals surface area contributed by atoms with Crippen LogP contribution in [0.5, 0.6) is 0 Å². The van der Waals surface area contributed by atoms with Gasteiger partial charge in [0.1, 0.15) is 5.82 Å². The lowest BCUT2D eigenvalue weighted by Crippen LogP contribution is -2.26. The number of benzene rings is 2. The minimum atomic E-state index is -0.332. The van der Waals surface area contributed by atoms with E-state index in [2.05, 4.69) is 4.98 Å². The highest BCUT2D eigenvalue weighted by molar-refractivity contribution is 7.99. The largest absolute Gasteiger partial charge is 0.293 e. The molecule has 0 bridgehead atoms. The molecule has 28 heavy (non-hydrogen) atoms. The molecule has 0 saturated carbocycles. The van der Waals surface area contributed by atoms with E-state index in [0.717, 1.165) is 11.1 Å². The van der Waals surface area contributed by atoms with Crippen molar-refractivity contribution in [1.82, 2.24) is 9.55 Å². The second-order valence-electron chi connectivity index (χ2n) is 6.71. The zero-order chi connectivity index (χ0) is 20.3. The Morgan fingerprint density at radius 2 is 1.86 bits per heavy atom. The van der Waals surface area contributed by atoms with Gasteiger partial charge in [0, 0.05) is 30.3 Å². The van der Waals surface area contributed by atoms with E-state index < -0.39 is 0 Å². The highest BCUT2D eigenvalue weighted by Crippen LogP contribution is 2.18. The summed E-state index contributed by atoms with van der Waals surface area (Å²) in [4.78, 5) is 29.7. The summed E-state index contributed by atoms with van der Waals surface area (Å²) in [6, 6.07) is 13.6. The van der Waals surface area contributed by atoms with Crippen LogP contribution in [0.4, 0.5) is 4.39 Å². The van der Waals surface area contributed by atoms with Crippen LogP contribution >= 0.6 is 11.8 Å². The minimum absolute atomic E-state index is 0.0132. The number of hydrogen-bond acceptors (Lipinski definition) is 4. The maximum Gasteiger partial charge on any atom is 0.257 e. The van der Waals surface area contributed by atoms with Gasteiger partial charge in [0.15, 0.2) is 10.9 Å². The summed E-state index contributed by atoms with van der Waals surface area (Å²) in [6.45, 7) is 3.73. The van der Waals surface area contributed by atoms with Crippen LogP contribution in [-0.4, -0.2) is 21.1 Å². The molecule has 0 unspecified atom stereocenters. The first kappa shape index (κ1) is 20.0. The van der Waals surface area contributed by atoms with E-state index in [1.165, 1.54) is 28.5 Å². The molecule has 1 aromatic heterocycles. The highest BCUT2D eigenvalue weighted by Gasteiger charge is 2.15. The number of nitrogens with zero attached hydrogens (tertiary/aromatic N) is 2. The second kappa shape index (κ2) is 8.52. The number of ketones is 1. The molecule has 6 heteroatoms. The number of rotatable bonds is 6. The van der Waals surface area contributed by atoms with Crippen LogP contribution in [0.1, 0.15) is 32.7 Å². The molecular weight excluding hydrogens is 375 g/mol. The lowest BCUT2D eigenvalue weighted by atomic mass is 10.1. The van der Waals surface area contributed by atoms with Crippen LogP contribution < -0.4 is 5.56 Å². The highest BCUT2D eigenvalue weighted by atomic mass is 32.2. The Morgan fingerprint density at radius 3 is 2.54 bits per heavy atom. The van der Waals surface area contributed by atoms with E-state index in [9.17, 15) is 14.0 Å². The summed E-state index contributed by atoms with van der Waals surface area (Å²) >= 11 is 1.24. The van der Waals surface area contributed by atoms with Crippen molar-refractivity contribution in [2.24, 2.45) is 7.05 Å². The lowest BCUT2D eigenvalue weighted by molar-refractivity contribution is 0.102. The Bertz CT molecular complexity index is 1070. The number of aryl methyl sites for hydroxylation is 2. The average Bonchev–Trinajstić information content (AvgIpc) is 2.67. The van der Waals surface area contributed by atoms with E-state index in [1.807, 2.05) is 19.1 Å². The fourth-order valence-electron chi connectivity index (χ4n) is 2.87. The molecule has 3 aromatic rings. The quantitative estimate of drug-likeness (QED) is 0.358. The molecule has 0 amide bonds. The van der Waals surface area contributed by atoms with Crippen LogP contribution in [0.3, 0.4) is 0 Å². The Morgan fingerprint density at radius 1 is 1.14 bits per heavy atom. The Hall–Kier alpha value is -2.73. The van der Waals surface area contributed by atoms with Gasteiger partial charge in [-0.15, -0.1) is 0 Å². The smallest absolute Gasteiger partial charge is 0.257 e. The van der Waals surface area contributed by atoms with E-state index in [4.69, 9.17) is 0 Å². The fraction of sp³-hybridized carbons (Fsp3) is 0.227. The number of aromatic nitrogens is 2. The molecule has 0 atom stereocenters. The summed E-state index contributed by atoms with van der Waals surface area (Å²) in [5.41, 5.74) is 3.40. The number of carbonyl (C=O) groups is 1. The first-order valence-corrected chi connectivity index (χ1v) is 9.87. The molecular formula is C22H21FN2O2S. The Balaban J connectivity index is 1.79. The van der Waals surface area contributed by atoms with E-state index >= 15 is 0 Å². The molecule has 144 valence electrons. The van der Waals surface area contributed by atoms with Crippen molar-refractivity contribution in [1.29, 1.82) is 0 Å². The molecule has 0 aliphatic heterocycles. The number of carbonyl (C=O) groups excluding carboxylic acids is 1. The van der Waals surface area contributed by atoms with Crippen molar-refractivity contribution in [3.05, 3.63) is 92.6 Å². The molecule has 0 saturated heterocycles. The third kappa shape index (κ3) is 4.57. The number of hydrogen-bond donors (Lipinski definition) is 0. The maximum atomic E-state index is 13.4. The normalized spacial score (nSPS) is 10.9. The third-order valence-corrected chi connectivity index (χ3v) is 5.56. The Kier molecular flexibility index (Phi) is 6.09. The van der Waals surface area contributed by atoms with Gasteiger partial charge in [-0.3, -0.25) is 14.2 Å². The zero-order valence-electron chi connectivity index (χ0n) is 16.0. The van der Waals surface area contributed by atoms with Gasteiger partial charge in [0.05, 0.1) is 5.75 Å². The Labute approximate surface area is 167 Å². The van der Waals surface area contributed by atoms with Gasteiger partial charge in [0.25, 0.3) is 5.56 Å². The van der Waals surface area contributed by atoms with Gasteiger partial charge in [-0.05, 0) is 31.5 Å². The van der Waals surface area contributed by atoms with Gasteiger partial charge in [-0.25, -0.2) is 9.37 Å². The standard InChI is InChI=1S/C22H21FN2O2S/c1-14-7-9-17(10-8-14)20(26)13-28-22-24-15(2)19(21(27)25(22)3)12-16-5-4-6-18(23)11-16/h4-11H,12-13H2,1-3H3. The molecule has 2 aromatic carbocycles. The number of thioether (sulfide) groups is 1. The van der Waals surface area contributed by atoms with Crippen LogP contribution in [0.2, 0.25) is 0 Å². The van der Waals surface area contributed by atoms with Crippen molar-refractivity contribution in [2.45, 2.75) is 25.4 Å². The SMILES string of the molecule is Cc1ccc(C(=O)CSc2nc(C)c(Cc3cccc(F)c3)c(=O)n2C)cc1. The van der Waals surface area contributed by atoms with Crippen molar-refractivity contribution in [3.63, 3.8) is 0 Å². The van der Waals surface area contributed by atoms with Crippen molar-refractivity contribution in [3.8, 4) is 0 Å². The van der Waals surface area contributed by atoms with Crippen molar-refractivity contribution in [2.75, 3.05) is 5.75 Å². The third-order valence-electron chi connectivity index (χ3n) is 4.53. The van der Waals surface area contributed by atoms with E-state index in [-0.39, 0.29) is 22.9 Å². The predicted molar refractivity (Wildman–Crippen MR) is 110 cm³/mol. The number of Topliss-reactive ketones (excluding diaryl/α,β-unsaturated/α-hetero) is 1. The van der Waals surface area contributed by atoms with E-state index in [1.54, 1.807) is 38.2 Å². The van der Waals surface area contributed by atoms with Crippen LogP contribution in [0, 0.1) is 19.7 Å². The molecule has 3 rings (SSSR count). The summed E-state index contributed by atoms with van der Waals surface area (Å²) in [7, 11) is 1.64. The van der Waals surface area contributed by atoms with E-state index in [0.29, 0.717) is 28.4 Å². The van der Waals surface area contributed by atoms with Gasteiger partial charge in [-0.2, -0.15) is 0 Å². The number of halogens is 1. The fourth-order valence-corrected chi connectivity index (χ4v) is 3.77. The second-order valence-corrected chi connectivity index (χ2v) is 7.65. The molecule has 4 nitrogen and oxygen atoms in total. The topological polar surface area (TPSA) is 52.0 Å². The summed E-state index contributed by atoms with van der Waals surface area (Å²) in [6.07, 6.45) is 0.316. The van der Waals surface area contributed by atoms with Gasteiger partial charge in [0.2, 0.25) is 0 Å². The van der Waals surface area contributed by atoms with Crippen LogP contribution in [0.15, 0.2) is 58.5 Å². The van der Waals surface area contributed by atoms with Crippen LogP contribution in [0.25, 0.3) is 0 Å². The van der Waals surface area contributed by atoms with Gasteiger partial charge >= 0.3 is 0 Å². The summed E-state index contributed by atoms with van der Waals surface area (Å²) in [5, 5.41) is 0.492. The lowest BCUT2D eigenvalue weighted by Gasteiger charge is -2.12. The molecule has 0 N–H and O–H groups in total. The first-order valence-electron chi connectivity index (χ1n) is 8.89. The van der Waals surface area contributed by atoms with Crippen molar-refractivity contribution < 1.29 is 9.18 Å². The van der Waals surface area contributed by atoms with Gasteiger partial charge in [-0.1, -0.05) is 53.7 Å². The van der Waals surface area contributed by atoms with Crippen LogP contribution in [-0.2, 0) is 13.5 Å². The predicted octanol–water partition coefficient (Wildman–Crippen LogP) is 4.10. The summed E-state index contributed by atoms with van der Waals surface area (Å²) < 4.78 is 14.9. The maximum absolute atomic E-state index is 13.4. The molecule has 0 aliphatic rings. The molecule has 0 spiro atoms. The molecule has 0 radical (unpaired) electrons. The zero-order valence-corrected chi connectivity index (χ0v) is 16.8.